The molecule has 0 N–H and O–H groups in total. The predicted molar refractivity (Wildman–Crippen MR) is 126 cm³/mol. The largest absolute Gasteiger partial charge is 0.573 e. The Labute approximate surface area is 210 Å². The fraction of sp³-hybridized carbons (Fsp3) is 0.308. The molecule has 1 unspecified atom stereocenters. The van der Waals surface area contributed by atoms with Gasteiger partial charge in [0.05, 0.1) is 11.3 Å². The summed E-state index contributed by atoms with van der Waals surface area (Å²) in [6, 6.07) is 18.4. The fourth-order valence-corrected chi connectivity index (χ4v) is 5.53. The Morgan fingerprint density at radius 1 is 0.919 bits per heavy atom. The van der Waals surface area contributed by atoms with Gasteiger partial charge in [0.15, 0.2) is 9.84 Å². The van der Waals surface area contributed by atoms with Gasteiger partial charge in [0, 0.05) is 30.4 Å². The molecule has 1 aliphatic heterocycles. The number of ether oxygens (including phenoxy) is 1. The zero-order chi connectivity index (χ0) is 27.1. The lowest BCUT2D eigenvalue weighted by Crippen LogP contribution is -2.38. The summed E-state index contributed by atoms with van der Waals surface area (Å²) in [4.78, 5) is 1.63. The molecule has 1 aliphatic rings. The first kappa shape index (κ1) is 26.8. The van der Waals surface area contributed by atoms with E-state index in [-0.39, 0.29) is 24.4 Å². The van der Waals surface area contributed by atoms with E-state index in [4.69, 9.17) is 0 Å². The number of para-hydroxylation sites is 1. The number of halogens is 6. The normalized spacial score (nSPS) is 18.1. The van der Waals surface area contributed by atoms with Crippen molar-refractivity contribution in [3.8, 4) is 5.75 Å². The Balaban J connectivity index is 1.86. The van der Waals surface area contributed by atoms with Crippen LogP contribution in [0.2, 0.25) is 0 Å². The zero-order valence-electron chi connectivity index (χ0n) is 19.6. The Bertz CT molecular complexity index is 1390. The molecule has 0 saturated heterocycles. The second-order valence-electron chi connectivity index (χ2n) is 9.06. The van der Waals surface area contributed by atoms with Crippen LogP contribution in [0.4, 0.5) is 32.0 Å². The van der Waals surface area contributed by atoms with Crippen LogP contribution in [0.15, 0.2) is 77.7 Å². The summed E-state index contributed by atoms with van der Waals surface area (Å²) in [6.45, 7) is -0.300. The minimum Gasteiger partial charge on any atom is -0.406 e. The molecule has 198 valence electrons. The van der Waals surface area contributed by atoms with E-state index < -0.39 is 40.0 Å². The van der Waals surface area contributed by atoms with Crippen molar-refractivity contribution in [2.75, 3.05) is 24.2 Å². The lowest BCUT2D eigenvalue weighted by atomic mass is 9.71. The van der Waals surface area contributed by atoms with Gasteiger partial charge in [-0.2, -0.15) is 13.2 Å². The Hall–Kier alpha value is -3.21. The molecule has 0 aliphatic carbocycles. The highest BCUT2D eigenvalue weighted by molar-refractivity contribution is 7.90. The summed E-state index contributed by atoms with van der Waals surface area (Å²) in [5.74, 6) is -0.458. The quantitative estimate of drug-likeness (QED) is 0.329. The van der Waals surface area contributed by atoms with Gasteiger partial charge in [0.2, 0.25) is 0 Å². The highest BCUT2D eigenvalue weighted by Gasteiger charge is 2.45. The maximum absolute atomic E-state index is 13.1. The summed E-state index contributed by atoms with van der Waals surface area (Å²) < 4.78 is 107. The lowest BCUT2D eigenvalue weighted by molar-refractivity contribution is -0.274. The van der Waals surface area contributed by atoms with Gasteiger partial charge >= 0.3 is 12.5 Å². The molecule has 0 fully saturated rings. The van der Waals surface area contributed by atoms with Crippen LogP contribution < -0.4 is 9.64 Å². The van der Waals surface area contributed by atoms with Crippen LogP contribution in [0.3, 0.4) is 0 Å². The van der Waals surface area contributed by atoms with Crippen molar-refractivity contribution < 1.29 is 39.5 Å². The minimum absolute atomic E-state index is 0.0427. The number of hydrogen-bond acceptors (Lipinski definition) is 4. The van der Waals surface area contributed by atoms with E-state index in [1.165, 1.54) is 24.3 Å². The van der Waals surface area contributed by atoms with Crippen molar-refractivity contribution in [2.24, 2.45) is 0 Å². The van der Waals surface area contributed by atoms with Gasteiger partial charge in [0.1, 0.15) is 5.75 Å². The summed E-state index contributed by atoms with van der Waals surface area (Å²) >= 11 is 0. The summed E-state index contributed by atoms with van der Waals surface area (Å²) in [5, 5.41) is 0. The number of anilines is 1. The topological polar surface area (TPSA) is 46.6 Å². The Morgan fingerprint density at radius 3 is 2.30 bits per heavy atom. The van der Waals surface area contributed by atoms with Crippen molar-refractivity contribution >= 4 is 15.5 Å². The lowest BCUT2D eigenvalue weighted by Gasteiger charge is -2.32. The molecule has 3 aromatic rings. The Kier molecular flexibility index (Phi) is 6.96. The third-order valence-electron chi connectivity index (χ3n) is 6.34. The number of alkyl halides is 6. The molecule has 4 rings (SSSR count). The van der Waals surface area contributed by atoms with Crippen molar-refractivity contribution in [1.82, 2.24) is 0 Å². The van der Waals surface area contributed by atoms with Gasteiger partial charge in [-0.05, 0) is 53.4 Å². The molecule has 1 heterocycles. The van der Waals surface area contributed by atoms with Gasteiger partial charge in [-0.25, -0.2) is 8.42 Å². The van der Waals surface area contributed by atoms with Crippen LogP contribution in [0.5, 0.6) is 5.75 Å². The number of rotatable bonds is 7. The average molecular weight is 544 g/mol. The van der Waals surface area contributed by atoms with Crippen molar-refractivity contribution in [3.05, 3.63) is 89.5 Å². The molecule has 11 heteroatoms. The molecule has 4 nitrogen and oxygen atoms in total. The zero-order valence-corrected chi connectivity index (χ0v) is 20.4. The van der Waals surface area contributed by atoms with Crippen molar-refractivity contribution in [3.63, 3.8) is 0 Å². The van der Waals surface area contributed by atoms with E-state index >= 15 is 0 Å². The first-order valence-electron chi connectivity index (χ1n) is 11.2. The van der Waals surface area contributed by atoms with Crippen LogP contribution in [-0.4, -0.2) is 40.3 Å². The number of fused-ring (bicyclic) bond motifs is 1. The monoisotopic (exact) mass is 543 g/mol. The van der Waals surface area contributed by atoms with Crippen molar-refractivity contribution in [1.29, 1.82) is 0 Å². The highest BCUT2D eigenvalue weighted by Crippen LogP contribution is 2.48. The molecule has 3 aromatic carbocycles. The number of sulfone groups is 1. The molecule has 0 spiro atoms. The van der Waals surface area contributed by atoms with Gasteiger partial charge in [-0.1, -0.05) is 42.5 Å². The van der Waals surface area contributed by atoms with E-state index in [0.29, 0.717) is 22.4 Å². The molecule has 0 saturated carbocycles. The molecule has 0 aromatic heterocycles. The minimum atomic E-state index is -4.93. The van der Waals surface area contributed by atoms with E-state index in [0.717, 1.165) is 12.3 Å². The molecule has 0 bridgehead atoms. The predicted octanol–water partition coefficient (Wildman–Crippen LogP) is 6.29. The molecule has 37 heavy (non-hydrogen) atoms. The second-order valence-corrected chi connectivity index (χ2v) is 11.1. The van der Waals surface area contributed by atoms with Gasteiger partial charge < -0.3 is 9.64 Å². The van der Waals surface area contributed by atoms with Gasteiger partial charge in [-0.15, -0.1) is 13.2 Å². The van der Waals surface area contributed by atoms with Crippen LogP contribution >= 0.6 is 0 Å². The van der Waals surface area contributed by atoms with Crippen LogP contribution in [0.1, 0.15) is 23.1 Å². The smallest absolute Gasteiger partial charge is 0.406 e. The SMILES string of the molecule is CS(=O)(=O)c1cccc(CC2(c3cccc(OC(F)(F)F)c3)CN(CCC(F)(F)F)c3ccccc32)c1. The standard InChI is InChI=1S/C26H23F6NO3S/c1-37(34,35)21-9-4-6-18(14-21)16-24(19-7-5-8-20(15-19)36-26(30,31)32)17-33(13-12-25(27,28)29)23-11-3-2-10-22(23)24/h2-11,14-15H,12-13,16-17H2,1H3. The maximum atomic E-state index is 13.1. The summed E-state index contributed by atoms with van der Waals surface area (Å²) in [5.41, 5.74) is 1.06. The molecular weight excluding hydrogens is 520 g/mol. The van der Waals surface area contributed by atoms with E-state index in [2.05, 4.69) is 4.74 Å². The number of benzene rings is 3. The number of hydrogen-bond donors (Lipinski definition) is 0. The Morgan fingerprint density at radius 2 is 1.62 bits per heavy atom. The van der Waals surface area contributed by atoms with Crippen LogP contribution in [-0.2, 0) is 21.7 Å². The van der Waals surface area contributed by atoms with E-state index in [1.54, 1.807) is 47.4 Å². The van der Waals surface area contributed by atoms with Crippen LogP contribution in [0, 0.1) is 0 Å². The summed E-state index contributed by atoms with van der Waals surface area (Å²) in [6.07, 6.45) is -9.21. The summed E-state index contributed by atoms with van der Waals surface area (Å²) in [7, 11) is -3.55. The average Bonchev–Trinajstić information content (AvgIpc) is 3.11. The van der Waals surface area contributed by atoms with Crippen LogP contribution in [0.25, 0.3) is 0 Å². The second kappa shape index (κ2) is 9.59. The van der Waals surface area contributed by atoms with E-state index in [9.17, 15) is 34.8 Å². The van der Waals surface area contributed by atoms with Gasteiger partial charge in [-0.3, -0.25) is 0 Å². The highest BCUT2D eigenvalue weighted by atomic mass is 32.2. The molecule has 0 amide bonds. The molecule has 1 atom stereocenters. The first-order valence-corrected chi connectivity index (χ1v) is 13.1. The first-order chi connectivity index (χ1) is 17.2. The molecular formula is C26H23F6NO3S. The van der Waals surface area contributed by atoms with Gasteiger partial charge in [0.25, 0.3) is 0 Å². The number of nitrogens with zero attached hydrogens (tertiary/aromatic N) is 1. The van der Waals surface area contributed by atoms with Crippen molar-refractivity contribution in [2.45, 2.75) is 35.7 Å². The maximum Gasteiger partial charge on any atom is 0.573 e. The fourth-order valence-electron chi connectivity index (χ4n) is 4.84. The van der Waals surface area contributed by atoms with E-state index in [1.807, 2.05) is 0 Å². The molecule has 0 radical (unpaired) electrons. The third kappa shape index (κ3) is 6.20. The third-order valence-corrected chi connectivity index (χ3v) is 7.45.